The predicted molar refractivity (Wildman–Crippen MR) is 100 cm³/mol. The van der Waals surface area contributed by atoms with Crippen LogP contribution in [0.5, 0.6) is 11.5 Å². The van der Waals surface area contributed by atoms with Gasteiger partial charge in [-0.1, -0.05) is 42.0 Å². The Bertz CT molecular complexity index is 850. The number of aryl methyl sites for hydroxylation is 1. The molecule has 0 aliphatic carbocycles. The summed E-state index contributed by atoms with van der Waals surface area (Å²) in [6.45, 7) is 4.49. The van der Waals surface area contributed by atoms with E-state index >= 15 is 0 Å². The zero-order valence-electron chi connectivity index (χ0n) is 13.7. The average Bonchev–Trinajstić information content (AvgIpc) is 3.05. The number of ether oxygens (including phenoxy) is 1. The van der Waals surface area contributed by atoms with E-state index in [0.29, 0.717) is 12.4 Å². The minimum absolute atomic E-state index is 0.157. The van der Waals surface area contributed by atoms with Crippen molar-refractivity contribution in [2.75, 3.05) is 6.61 Å². The monoisotopic (exact) mass is 337 g/mol. The molecule has 0 fully saturated rings. The Labute approximate surface area is 145 Å². The summed E-state index contributed by atoms with van der Waals surface area (Å²) in [7, 11) is 0. The van der Waals surface area contributed by atoms with Gasteiger partial charge in [0.15, 0.2) is 11.5 Å². The predicted octanol–water partition coefficient (Wildman–Crippen LogP) is 5.39. The van der Waals surface area contributed by atoms with Crippen molar-refractivity contribution in [3.63, 3.8) is 0 Å². The average molecular weight is 337 g/mol. The Kier molecular flexibility index (Phi) is 4.96. The highest BCUT2D eigenvalue weighted by Gasteiger charge is 2.04. The number of nitrogens with zero attached hydrogens (tertiary/aromatic N) is 1. The SMILES string of the molecule is CCOc1cc(/C=C/c2nc(-c3ccc(C)cc3)cs2)ccc1O. The lowest BCUT2D eigenvalue weighted by atomic mass is 10.1. The second kappa shape index (κ2) is 7.32. The Morgan fingerprint density at radius 3 is 2.67 bits per heavy atom. The van der Waals surface area contributed by atoms with Gasteiger partial charge in [-0.2, -0.15) is 0 Å². The highest BCUT2D eigenvalue weighted by Crippen LogP contribution is 2.28. The highest BCUT2D eigenvalue weighted by atomic mass is 32.1. The van der Waals surface area contributed by atoms with Gasteiger partial charge < -0.3 is 9.84 Å². The third kappa shape index (κ3) is 3.84. The molecule has 3 nitrogen and oxygen atoms in total. The molecule has 1 heterocycles. The first-order chi connectivity index (χ1) is 11.7. The molecule has 1 N–H and O–H groups in total. The van der Waals surface area contributed by atoms with E-state index in [1.165, 1.54) is 5.56 Å². The quantitative estimate of drug-likeness (QED) is 0.678. The molecule has 2 aromatic carbocycles. The molecule has 3 aromatic rings. The lowest BCUT2D eigenvalue weighted by Crippen LogP contribution is -1.91. The van der Waals surface area contributed by atoms with E-state index in [2.05, 4.69) is 41.6 Å². The summed E-state index contributed by atoms with van der Waals surface area (Å²) in [5.41, 5.74) is 4.31. The maximum atomic E-state index is 9.74. The van der Waals surface area contributed by atoms with Crippen molar-refractivity contribution in [3.05, 3.63) is 64.0 Å². The van der Waals surface area contributed by atoms with Crippen LogP contribution >= 0.6 is 11.3 Å². The van der Waals surface area contributed by atoms with Gasteiger partial charge in [0.2, 0.25) is 0 Å². The van der Waals surface area contributed by atoms with Gasteiger partial charge in [0.05, 0.1) is 12.3 Å². The maximum absolute atomic E-state index is 9.74. The summed E-state index contributed by atoms with van der Waals surface area (Å²) in [5.74, 6) is 0.657. The normalized spacial score (nSPS) is 11.1. The van der Waals surface area contributed by atoms with Gasteiger partial charge in [-0.05, 0) is 37.6 Å². The Morgan fingerprint density at radius 2 is 1.92 bits per heavy atom. The smallest absolute Gasteiger partial charge is 0.161 e. The topological polar surface area (TPSA) is 42.4 Å². The van der Waals surface area contributed by atoms with Gasteiger partial charge in [-0.3, -0.25) is 0 Å². The fraction of sp³-hybridized carbons (Fsp3) is 0.150. The van der Waals surface area contributed by atoms with Crippen LogP contribution in [0.4, 0.5) is 0 Å². The third-order valence-electron chi connectivity index (χ3n) is 3.57. The third-order valence-corrected chi connectivity index (χ3v) is 4.38. The summed E-state index contributed by atoms with van der Waals surface area (Å²) >= 11 is 1.61. The maximum Gasteiger partial charge on any atom is 0.161 e. The lowest BCUT2D eigenvalue weighted by molar-refractivity contribution is 0.318. The molecule has 0 unspecified atom stereocenters. The number of hydrogen-bond donors (Lipinski definition) is 1. The number of hydrogen-bond acceptors (Lipinski definition) is 4. The van der Waals surface area contributed by atoms with Crippen LogP contribution in [0.3, 0.4) is 0 Å². The molecule has 1 aromatic heterocycles. The van der Waals surface area contributed by atoms with Crippen LogP contribution in [0.1, 0.15) is 23.1 Å². The van der Waals surface area contributed by atoms with Crippen LogP contribution in [-0.4, -0.2) is 16.7 Å². The molecular formula is C20H19NO2S. The van der Waals surface area contributed by atoms with E-state index in [4.69, 9.17) is 4.74 Å². The molecule has 24 heavy (non-hydrogen) atoms. The molecule has 4 heteroatoms. The highest BCUT2D eigenvalue weighted by molar-refractivity contribution is 7.10. The summed E-state index contributed by atoms with van der Waals surface area (Å²) < 4.78 is 5.40. The van der Waals surface area contributed by atoms with Gasteiger partial charge in [-0.25, -0.2) is 4.98 Å². The molecule has 0 aliphatic rings. The first kappa shape index (κ1) is 16.3. The summed E-state index contributed by atoms with van der Waals surface area (Å²) in [6, 6.07) is 13.7. The number of phenolic OH excluding ortho intramolecular Hbond substituents is 1. The van der Waals surface area contributed by atoms with Gasteiger partial charge in [0.25, 0.3) is 0 Å². The largest absolute Gasteiger partial charge is 0.504 e. The van der Waals surface area contributed by atoms with Crippen molar-refractivity contribution >= 4 is 23.5 Å². The molecule has 0 spiro atoms. The first-order valence-electron chi connectivity index (χ1n) is 7.82. The van der Waals surface area contributed by atoms with Crippen molar-refractivity contribution in [1.82, 2.24) is 4.98 Å². The molecule has 0 radical (unpaired) electrons. The summed E-state index contributed by atoms with van der Waals surface area (Å²) in [5, 5.41) is 12.7. The van der Waals surface area contributed by atoms with Crippen LogP contribution in [0.2, 0.25) is 0 Å². The summed E-state index contributed by atoms with van der Waals surface area (Å²) in [4.78, 5) is 4.65. The van der Waals surface area contributed by atoms with E-state index in [1.807, 2.05) is 31.2 Å². The standard InChI is InChI=1S/C20H19NO2S/c1-3-23-19-12-15(6-10-18(19)22)7-11-20-21-17(13-24-20)16-8-4-14(2)5-9-16/h4-13,22H,3H2,1-2H3/b11-7+. The summed E-state index contributed by atoms with van der Waals surface area (Å²) in [6.07, 6.45) is 3.95. The van der Waals surface area contributed by atoms with E-state index in [0.717, 1.165) is 21.8 Å². The fourth-order valence-corrected chi connectivity index (χ4v) is 3.01. The van der Waals surface area contributed by atoms with Crippen LogP contribution in [0.15, 0.2) is 47.8 Å². The van der Waals surface area contributed by atoms with E-state index < -0.39 is 0 Å². The minimum Gasteiger partial charge on any atom is -0.504 e. The number of thiazole rings is 1. The van der Waals surface area contributed by atoms with Gasteiger partial charge in [0.1, 0.15) is 5.01 Å². The van der Waals surface area contributed by atoms with Crippen LogP contribution in [-0.2, 0) is 0 Å². The van der Waals surface area contributed by atoms with Gasteiger partial charge in [-0.15, -0.1) is 11.3 Å². The molecule has 0 atom stereocenters. The number of benzene rings is 2. The molecular weight excluding hydrogens is 318 g/mol. The molecule has 3 rings (SSSR count). The second-order valence-electron chi connectivity index (χ2n) is 5.43. The lowest BCUT2D eigenvalue weighted by Gasteiger charge is -2.06. The van der Waals surface area contributed by atoms with Gasteiger partial charge in [0, 0.05) is 10.9 Å². The van der Waals surface area contributed by atoms with E-state index in [-0.39, 0.29) is 5.75 Å². The van der Waals surface area contributed by atoms with Crippen LogP contribution in [0.25, 0.3) is 23.4 Å². The van der Waals surface area contributed by atoms with Crippen LogP contribution in [0, 0.1) is 6.92 Å². The Morgan fingerprint density at radius 1 is 1.12 bits per heavy atom. The number of rotatable bonds is 5. The minimum atomic E-state index is 0.157. The van der Waals surface area contributed by atoms with E-state index in [9.17, 15) is 5.11 Å². The Balaban J connectivity index is 1.78. The van der Waals surface area contributed by atoms with Crippen LogP contribution < -0.4 is 4.74 Å². The first-order valence-corrected chi connectivity index (χ1v) is 8.70. The van der Waals surface area contributed by atoms with Gasteiger partial charge >= 0.3 is 0 Å². The fourth-order valence-electron chi connectivity index (χ4n) is 2.29. The second-order valence-corrected chi connectivity index (χ2v) is 6.32. The van der Waals surface area contributed by atoms with Crippen molar-refractivity contribution in [2.45, 2.75) is 13.8 Å². The van der Waals surface area contributed by atoms with Crippen molar-refractivity contribution in [3.8, 4) is 22.8 Å². The van der Waals surface area contributed by atoms with E-state index in [1.54, 1.807) is 17.4 Å². The molecule has 0 saturated carbocycles. The van der Waals surface area contributed by atoms with Crippen molar-refractivity contribution in [2.24, 2.45) is 0 Å². The molecule has 0 aliphatic heterocycles. The number of aromatic hydroxyl groups is 1. The number of aromatic nitrogens is 1. The molecule has 122 valence electrons. The zero-order valence-corrected chi connectivity index (χ0v) is 14.5. The Hall–Kier alpha value is -2.59. The zero-order chi connectivity index (χ0) is 16.9. The molecule has 0 amide bonds. The van der Waals surface area contributed by atoms with Crippen molar-refractivity contribution in [1.29, 1.82) is 0 Å². The molecule has 0 bridgehead atoms. The number of phenols is 1. The molecule has 0 saturated heterocycles. The van der Waals surface area contributed by atoms with Crippen molar-refractivity contribution < 1.29 is 9.84 Å².